The zero-order valence-electron chi connectivity index (χ0n) is 13.6. The Hall–Kier alpha value is -3.20. The van der Waals surface area contributed by atoms with E-state index in [4.69, 9.17) is 16.3 Å². The van der Waals surface area contributed by atoms with Crippen molar-refractivity contribution in [3.8, 4) is 5.75 Å². The fourth-order valence-electron chi connectivity index (χ4n) is 1.76. The highest BCUT2D eigenvalue weighted by atomic mass is 35.5. The Kier molecular flexibility index (Phi) is 7.07. The molecule has 0 aliphatic rings. The van der Waals surface area contributed by atoms with E-state index in [1.54, 1.807) is 24.3 Å². The molecule has 0 radical (unpaired) electrons. The van der Waals surface area contributed by atoms with Crippen molar-refractivity contribution >= 4 is 29.4 Å². The molecule has 2 aromatic carbocycles. The van der Waals surface area contributed by atoms with Crippen molar-refractivity contribution in [2.75, 3.05) is 13.2 Å². The van der Waals surface area contributed by atoms with E-state index in [0.717, 1.165) is 12.1 Å². The third kappa shape index (κ3) is 6.55. The Morgan fingerprint density at radius 3 is 2.19 bits per heavy atom. The summed E-state index contributed by atoms with van der Waals surface area (Å²) in [5.41, 5.74) is 3.51. The topological polar surface area (TPSA) is 93.7 Å². The fourth-order valence-corrected chi connectivity index (χ4v) is 1.88. The molecule has 142 valence electrons. The van der Waals surface area contributed by atoms with E-state index < -0.39 is 41.6 Å². The number of amides is 2. The highest BCUT2D eigenvalue weighted by molar-refractivity contribution is 6.30. The molecule has 2 rings (SSSR count). The summed E-state index contributed by atoms with van der Waals surface area (Å²) < 4.78 is 35.9. The van der Waals surface area contributed by atoms with Crippen LogP contribution >= 0.6 is 11.6 Å². The maximum Gasteiger partial charge on any atom is 0.341 e. The van der Waals surface area contributed by atoms with Gasteiger partial charge in [-0.2, -0.15) is 0 Å². The molecule has 0 aliphatic heterocycles. The van der Waals surface area contributed by atoms with E-state index in [1.165, 1.54) is 0 Å². The standard InChI is InChI=1S/C17H13ClF2N2O5/c18-10-1-4-12(5-2-10)26-8-15(23)21-22-16(24)9-27-17(25)13-6-3-11(19)7-14(13)20/h1-7H,8-9H2,(H,21,23)(H,22,24). The Bertz CT molecular complexity index is 846. The van der Waals surface area contributed by atoms with E-state index in [0.29, 0.717) is 16.8 Å². The summed E-state index contributed by atoms with van der Waals surface area (Å²) in [4.78, 5) is 34.7. The van der Waals surface area contributed by atoms with Crippen LogP contribution in [0.4, 0.5) is 8.78 Å². The molecule has 2 aromatic rings. The molecule has 7 nitrogen and oxygen atoms in total. The number of nitrogens with one attached hydrogen (secondary N) is 2. The lowest BCUT2D eigenvalue weighted by Crippen LogP contribution is -2.45. The molecule has 0 bridgehead atoms. The van der Waals surface area contributed by atoms with Crippen LogP contribution in [0.5, 0.6) is 5.75 Å². The minimum atomic E-state index is -1.15. The summed E-state index contributed by atoms with van der Waals surface area (Å²) in [6, 6.07) is 8.55. The predicted octanol–water partition coefficient (Wildman–Crippen LogP) is 2.00. The molecule has 27 heavy (non-hydrogen) atoms. The van der Waals surface area contributed by atoms with Gasteiger partial charge in [-0.3, -0.25) is 20.4 Å². The van der Waals surface area contributed by atoms with Gasteiger partial charge in [-0.25, -0.2) is 13.6 Å². The monoisotopic (exact) mass is 398 g/mol. The first kappa shape index (κ1) is 20.1. The van der Waals surface area contributed by atoms with Gasteiger partial charge in [-0.15, -0.1) is 0 Å². The quantitative estimate of drug-likeness (QED) is 0.573. The smallest absolute Gasteiger partial charge is 0.341 e. The van der Waals surface area contributed by atoms with Gasteiger partial charge in [0.2, 0.25) is 0 Å². The van der Waals surface area contributed by atoms with Crippen molar-refractivity contribution in [2.24, 2.45) is 0 Å². The van der Waals surface area contributed by atoms with E-state index in [2.05, 4.69) is 4.74 Å². The summed E-state index contributed by atoms with van der Waals surface area (Å²) in [6.45, 7) is -1.17. The van der Waals surface area contributed by atoms with E-state index >= 15 is 0 Å². The molecule has 2 amide bonds. The lowest BCUT2D eigenvalue weighted by molar-refractivity contribution is -0.131. The van der Waals surface area contributed by atoms with Crippen molar-refractivity contribution in [1.82, 2.24) is 10.9 Å². The van der Waals surface area contributed by atoms with Crippen LogP contribution in [0.1, 0.15) is 10.4 Å². The van der Waals surface area contributed by atoms with Gasteiger partial charge in [0.1, 0.15) is 17.4 Å². The van der Waals surface area contributed by atoms with Crippen molar-refractivity contribution in [2.45, 2.75) is 0 Å². The molecule has 0 saturated carbocycles. The first-order valence-corrected chi connectivity index (χ1v) is 7.81. The number of halogens is 3. The van der Waals surface area contributed by atoms with Crippen LogP contribution in [-0.4, -0.2) is 31.0 Å². The minimum Gasteiger partial charge on any atom is -0.484 e. The largest absolute Gasteiger partial charge is 0.484 e. The van der Waals surface area contributed by atoms with Crippen LogP contribution in [0.15, 0.2) is 42.5 Å². The number of hydrogen-bond donors (Lipinski definition) is 2. The zero-order valence-corrected chi connectivity index (χ0v) is 14.4. The van der Waals surface area contributed by atoms with Crippen molar-refractivity contribution in [3.63, 3.8) is 0 Å². The van der Waals surface area contributed by atoms with Crippen molar-refractivity contribution in [3.05, 3.63) is 64.7 Å². The molecule has 0 atom stereocenters. The van der Waals surface area contributed by atoms with Crippen LogP contribution in [0.3, 0.4) is 0 Å². The SMILES string of the molecule is O=C(COC(=O)c1ccc(F)cc1F)NNC(=O)COc1ccc(Cl)cc1. The molecule has 0 saturated heterocycles. The van der Waals surface area contributed by atoms with E-state index in [-0.39, 0.29) is 6.61 Å². The van der Waals surface area contributed by atoms with E-state index in [1.807, 2.05) is 10.9 Å². The van der Waals surface area contributed by atoms with Crippen LogP contribution < -0.4 is 15.6 Å². The number of rotatable bonds is 6. The van der Waals surface area contributed by atoms with Gasteiger partial charge in [0.15, 0.2) is 13.2 Å². The Morgan fingerprint density at radius 1 is 0.926 bits per heavy atom. The second-order valence-corrected chi connectivity index (χ2v) is 5.48. The van der Waals surface area contributed by atoms with Crippen molar-refractivity contribution < 1.29 is 32.6 Å². The number of hydrogen-bond acceptors (Lipinski definition) is 5. The van der Waals surface area contributed by atoms with Crippen LogP contribution in [0.2, 0.25) is 5.02 Å². The van der Waals surface area contributed by atoms with Gasteiger partial charge in [0.25, 0.3) is 11.8 Å². The number of ether oxygens (including phenoxy) is 2. The summed E-state index contributed by atoms with van der Waals surface area (Å²) >= 11 is 5.71. The lowest BCUT2D eigenvalue weighted by Gasteiger charge is -2.09. The average molecular weight is 399 g/mol. The number of carbonyl (C=O) groups is 3. The second kappa shape index (κ2) is 9.48. The molecule has 0 aromatic heterocycles. The average Bonchev–Trinajstić information content (AvgIpc) is 2.64. The maximum absolute atomic E-state index is 13.4. The van der Waals surface area contributed by atoms with Gasteiger partial charge in [0, 0.05) is 11.1 Å². The highest BCUT2D eigenvalue weighted by Crippen LogP contribution is 2.15. The lowest BCUT2D eigenvalue weighted by atomic mass is 10.2. The highest BCUT2D eigenvalue weighted by Gasteiger charge is 2.15. The third-order valence-electron chi connectivity index (χ3n) is 3.01. The summed E-state index contributed by atoms with van der Waals surface area (Å²) in [5, 5.41) is 0.508. The molecule has 10 heteroatoms. The van der Waals surface area contributed by atoms with Gasteiger partial charge in [-0.1, -0.05) is 11.6 Å². The Morgan fingerprint density at radius 2 is 1.56 bits per heavy atom. The summed E-state index contributed by atoms with van der Waals surface area (Å²) in [7, 11) is 0. The maximum atomic E-state index is 13.4. The molecule has 0 aliphatic carbocycles. The molecule has 0 spiro atoms. The van der Waals surface area contributed by atoms with Crippen LogP contribution in [0, 0.1) is 11.6 Å². The van der Waals surface area contributed by atoms with Crippen LogP contribution in [0.25, 0.3) is 0 Å². The number of carbonyl (C=O) groups excluding carboxylic acids is 3. The third-order valence-corrected chi connectivity index (χ3v) is 3.26. The predicted molar refractivity (Wildman–Crippen MR) is 89.9 cm³/mol. The number of esters is 1. The molecule has 0 fully saturated rings. The van der Waals surface area contributed by atoms with Gasteiger partial charge in [-0.05, 0) is 36.4 Å². The number of hydrazine groups is 1. The van der Waals surface area contributed by atoms with E-state index in [9.17, 15) is 23.2 Å². The molecular formula is C17H13ClF2N2O5. The first-order chi connectivity index (χ1) is 12.8. The number of benzene rings is 2. The zero-order chi connectivity index (χ0) is 19.8. The Balaban J connectivity index is 1.70. The molecular weight excluding hydrogens is 386 g/mol. The van der Waals surface area contributed by atoms with Gasteiger partial charge >= 0.3 is 5.97 Å². The van der Waals surface area contributed by atoms with Gasteiger partial charge < -0.3 is 9.47 Å². The summed E-state index contributed by atoms with van der Waals surface area (Å²) in [6.07, 6.45) is 0. The van der Waals surface area contributed by atoms with Crippen LogP contribution in [-0.2, 0) is 14.3 Å². The molecule has 0 unspecified atom stereocenters. The fraction of sp³-hybridized carbons (Fsp3) is 0.118. The van der Waals surface area contributed by atoms with Crippen molar-refractivity contribution in [1.29, 1.82) is 0 Å². The second-order valence-electron chi connectivity index (χ2n) is 5.04. The summed E-state index contributed by atoms with van der Waals surface area (Å²) in [5.74, 6) is -4.27. The van der Waals surface area contributed by atoms with Gasteiger partial charge in [0.05, 0.1) is 5.56 Å². The molecule has 2 N–H and O–H groups in total. The Labute approximate surface area is 157 Å². The first-order valence-electron chi connectivity index (χ1n) is 7.43. The normalized spacial score (nSPS) is 10.0. The minimum absolute atomic E-state index is 0.386. The molecule has 0 heterocycles.